The van der Waals surface area contributed by atoms with Gasteiger partial charge in [-0.1, -0.05) is 72.1 Å². The Balaban J connectivity index is 0.000000261. The van der Waals surface area contributed by atoms with Crippen molar-refractivity contribution < 1.29 is 8.42 Å². The van der Waals surface area contributed by atoms with Crippen molar-refractivity contribution in [2.75, 3.05) is 0 Å². The van der Waals surface area contributed by atoms with Gasteiger partial charge in [-0.3, -0.25) is 0 Å². The number of sulfonamides is 1. The van der Waals surface area contributed by atoms with Crippen LogP contribution in [0.5, 0.6) is 0 Å². The van der Waals surface area contributed by atoms with Crippen LogP contribution >= 0.6 is 0 Å². The van der Waals surface area contributed by atoms with Crippen LogP contribution in [-0.4, -0.2) is 14.6 Å². The molecule has 4 nitrogen and oxygen atoms in total. The lowest BCUT2D eigenvalue weighted by Gasteiger charge is -2.03. The van der Waals surface area contributed by atoms with Crippen LogP contribution < -0.4 is 4.83 Å². The first-order valence-electron chi connectivity index (χ1n) is 8.65. The van der Waals surface area contributed by atoms with E-state index in [9.17, 15) is 8.42 Å². The maximum absolute atomic E-state index is 11.9. The van der Waals surface area contributed by atoms with Crippen LogP contribution in [-0.2, 0) is 10.0 Å². The van der Waals surface area contributed by atoms with Crippen molar-refractivity contribution in [2.45, 2.75) is 18.7 Å². The maximum Gasteiger partial charge on any atom is 0.276 e. The first kappa shape index (κ1) is 20.9. The van der Waals surface area contributed by atoms with Crippen LogP contribution in [0.4, 0.5) is 0 Å². The molecule has 0 aliphatic carbocycles. The molecular formula is C23H22N2O2S. The number of aryl methyl sites for hydroxylation is 1. The molecule has 1 N–H and O–H groups in total. The summed E-state index contributed by atoms with van der Waals surface area (Å²) in [7, 11) is -3.60. The predicted octanol–water partition coefficient (Wildman–Crippen LogP) is 4.37. The first-order valence-corrected chi connectivity index (χ1v) is 10.1. The predicted molar refractivity (Wildman–Crippen MR) is 115 cm³/mol. The van der Waals surface area contributed by atoms with E-state index in [0.717, 1.165) is 16.7 Å². The third-order valence-electron chi connectivity index (χ3n) is 3.56. The minimum absolute atomic E-state index is 0.198. The van der Waals surface area contributed by atoms with Crippen molar-refractivity contribution in [1.29, 1.82) is 0 Å². The fourth-order valence-corrected chi connectivity index (χ4v) is 2.94. The highest BCUT2D eigenvalue weighted by Gasteiger charge is 2.11. The molecule has 0 atom stereocenters. The minimum Gasteiger partial charge on any atom is -0.200 e. The summed E-state index contributed by atoms with van der Waals surface area (Å²) in [5, 5.41) is 3.75. The average Bonchev–Trinajstić information content (AvgIpc) is 2.71. The highest BCUT2D eigenvalue weighted by Crippen LogP contribution is 2.09. The van der Waals surface area contributed by atoms with Crippen LogP contribution in [0.25, 0.3) is 0 Å². The number of hydrogen-bond donors (Lipinski definition) is 1. The van der Waals surface area contributed by atoms with E-state index in [1.165, 1.54) is 6.21 Å². The van der Waals surface area contributed by atoms with Gasteiger partial charge in [0.05, 0.1) is 11.1 Å². The molecule has 3 aromatic rings. The Morgan fingerprint density at radius 2 is 1.43 bits per heavy atom. The van der Waals surface area contributed by atoms with Gasteiger partial charge in [-0.2, -0.15) is 13.5 Å². The Hall–Kier alpha value is -3.36. The second kappa shape index (κ2) is 10.7. The quantitative estimate of drug-likeness (QED) is 0.409. The molecule has 0 saturated carbocycles. The fraction of sp³-hybridized carbons (Fsp3) is 0.0870. The van der Waals surface area contributed by atoms with Gasteiger partial charge >= 0.3 is 0 Å². The summed E-state index contributed by atoms with van der Waals surface area (Å²) < 4.78 is 23.8. The Morgan fingerprint density at radius 1 is 0.857 bits per heavy atom. The molecule has 3 rings (SSSR count). The van der Waals surface area contributed by atoms with E-state index in [1.54, 1.807) is 24.3 Å². The second-order valence-electron chi connectivity index (χ2n) is 5.82. The molecule has 0 aliphatic heterocycles. The SMILES string of the molecule is CC#Cc1ccccc1.Cc1ccc(S(=O)(=O)NN=Cc2ccccc2)cc1. The van der Waals surface area contributed by atoms with Crippen LogP contribution in [0.3, 0.4) is 0 Å². The van der Waals surface area contributed by atoms with E-state index >= 15 is 0 Å². The fourth-order valence-electron chi connectivity index (χ4n) is 2.15. The lowest BCUT2D eigenvalue weighted by atomic mass is 10.2. The standard InChI is InChI=1S/C14H14N2O2S.C9H8/c1-12-7-9-14(10-8-12)19(17,18)16-15-11-13-5-3-2-4-6-13;1-2-6-9-7-4-3-5-8-9/h2-11,16H,1H3;3-5,7-8H,1H3. The number of rotatable bonds is 4. The molecule has 3 aromatic carbocycles. The van der Waals surface area contributed by atoms with Crippen molar-refractivity contribution in [1.82, 2.24) is 4.83 Å². The number of hydrazone groups is 1. The highest BCUT2D eigenvalue weighted by molar-refractivity contribution is 7.89. The Labute approximate surface area is 167 Å². The highest BCUT2D eigenvalue weighted by atomic mass is 32.2. The third kappa shape index (κ3) is 7.10. The second-order valence-corrected chi connectivity index (χ2v) is 7.48. The van der Waals surface area contributed by atoms with Crippen LogP contribution in [0.15, 0.2) is 94.9 Å². The molecule has 28 heavy (non-hydrogen) atoms. The number of nitrogens with zero attached hydrogens (tertiary/aromatic N) is 1. The molecule has 0 amide bonds. The van der Waals surface area contributed by atoms with Crippen LogP contribution in [0.1, 0.15) is 23.6 Å². The molecule has 0 fully saturated rings. The largest absolute Gasteiger partial charge is 0.276 e. The van der Waals surface area contributed by atoms with Crippen LogP contribution in [0.2, 0.25) is 0 Å². The molecule has 0 unspecified atom stereocenters. The molecule has 0 saturated heterocycles. The monoisotopic (exact) mass is 390 g/mol. The molecule has 0 radical (unpaired) electrons. The van der Waals surface area contributed by atoms with E-state index in [1.807, 2.05) is 74.5 Å². The van der Waals surface area contributed by atoms with Gasteiger partial charge in [0.15, 0.2) is 0 Å². The summed E-state index contributed by atoms with van der Waals surface area (Å²) in [6.45, 7) is 3.74. The van der Waals surface area contributed by atoms with Crippen molar-refractivity contribution in [3.63, 3.8) is 0 Å². The first-order chi connectivity index (χ1) is 13.5. The van der Waals surface area contributed by atoms with Crippen molar-refractivity contribution >= 4 is 16.2 Å². The third-order valence-corrected chi connectivity index (χ3v) is 4.80. The van der Waals surface area contributed by atoms with E-state index < -0.39 is 10.0 Å². The number of benzene rings is 3. The zero-order valence-electron chi connectivity index (χ0n) is 15.8. The molecule has 0 spiro atoms. The lowest BCUT2D eigenvalue weighted by molar-refractivity contribution is 0.584. The Kier molecular flexibility index (Phi) is 8.01. The van der Waals surface area contributed by atoms with Gasteiger partial charge in [-0.15, -0.1) is 5.92 Å². The van der Waals surface area contributed by atoms with Gasteiger partial charge in [-0.25, -0.2) is 4.83 Å². The summed E-state index contributed by atoms with van der Waals surface area (Å²) in [5.74, 6) is 5.79. The van der Waals surface area contributed by atoms with Crippen molar-refractivity contribution in [3.05, 3.63) is 102 Å². The van der Waals surface area contributed by atoms with Gasteiger partial charge in [0.25, 0.3) is 10.0 Å². The minimum atomic E-state index is -3.60. The summed E-state index contributed by atoms with van der Waals surface area (Å²) in [5.41, 5.74) is 2.92. The zero-order chi connectivity index (χ0) is 20.2. The van der Waals surface area contributed by atoms with E-state index in [4.69, 9.17) is 0 Å². The molecule has 0 heterocycles. The Morgan fingerprint density at radius 3 is 2.00 bits per heavy atom. The summed E-state index contributed by atoms with van der Waals surface area (Å²) in [6.07, 6.45) is 1.46. The molecule has 0 aromatic heterocycles. The van der Waals surface area contributed by atoms with Crippen molar-refractivity contribution in [2.24, 2.45) is 5.10 Å². The normalized spacial score (nSPS) is 10.4. The molecular weight excluding hydrogens is 368 g/mol. The lowest BCUT2D eigenvalue weighted by Crippen LogP contribution is -2.18. The Bertz CT molecular complexity index is 1050. The van der Waals surface area contributed by atoms with E-state index in [2.05, 4.69) is 21.8 Å². The van der Waals surface area contributed by atoms with Gasteiger partial charge in [0.1, 0.15) is 0 Å². The molecule has 5 heteroatoms. The zero-order valence-corrected chi connectivity index (χ0v) is 16.6. The van der Waals surface area contributed by atoms with E-state index in [-0.39, 0.29) is 4.90 Å². The van der Waals surface area contributed by atoms with Crippen molar-refractivity contribution in [3.8, 4) is 11.8 Å². The van der Waals surface area contributed by atoms with Gasteiger partial charge in [0.2, 0.25) is 0 Å². The van der Waals surface area contributed by atoms with Gasteiger partial charge in [0, 0.05) is 5.56 Å². The van der Waals surface area contributed by atoms with Gasteiger partial charge in [-0.05, 0) is 43.7 Å². The number of hydrogen-bond acceptors (Lipinski definition) is 3. The topological polar surface area (TPSA) is 58.5 Å². The summed E-state index contributed by atoms with van der Waals surface area (Å²) >= 11 is 0. The molecule has 142 valence electrons. The maximum atomic E-state index is 11.9. The summed E-state index contributed by atoms with van der Waals surface area (Å²) in [6, 6.07) is 25.8. The van der Waals surface area contributed by atoms with E-state index in [0.29, 0.717) is 0 Å². The van der Waals surface area contributed by atoms with Crippen LogP contribution in [0, 0.1) is 18.8 Å². The smallest absolute Gasteiger partial charge is 0.200 e. The molecule has 0 bridgehead atoms. The number of nitrogens with one attached hydrogen (secondary N) is 1. The summed E-state index contributed by atoms with van der Waals surface area (Å²) in [4.78, 5) is 2.38. The van der Waals surface area contributed by atoms with Gasteiger partial charge < -0.3 is 0 Å². The average molecular weight is 391 g/mol. The molecule has 0 aliphatic rings.